The van der Waals surface area contributed by atoms with Gasteiger partial charge in [0, 0.05) is 47.6 Å². The zero-order valence-corrected chi connectivity index (χ0v) is 19.4. The van der Waals surface area contributed by atoms with Crippen LogP contribution >= 0.6 is 31.9 Å². The molecule has 4 heterocycles. The summed E-state index contributed by atoms with van der Waals surface area (Å²) in [5, 5.41) is 3.91. The Labute approximate surface area is 190 Å². The highest BCUT2D eigenvalue weighted by atomic mass is 79.9. The quantitative estimate of drug-likeness (QED) is 0.553. The Morgan fingerprint density at radius 2 is 2.00 bits per heavy atom. The largest absolute Gasteiger partial charge is 0.346 e. The van der Waals surface area contributed by atoms with Crippen LogP contribution in [0.2, 0.25) is 0 Å². The zero-order valence-electron chi connectivity index (χ0n) is 16.2. The predicted octanol–water partition coefficient (Wildman–Crippen LogP) is 3.83. The first-order chi connectivity index (χ1) is 14.4. The van der Waals surface area contributed by atoms with Gasteiger partial charge in [0.2, 0.25) is 0 Å². The monoisotopic (exact) mass is 531 g/mol. The van der Waals surface area contributed by atoms with Gasteiger partial charge in [-0.3, -0.25) is 14.6 Å². The van der Waals surface area contributed by atoms with Crippen LogP contribution in [-0.2, 0) is 0 Å². The molecule has 4 rings (SSSR count). The minimum atomic E-state index is -0.259. The summed E-state index contributed by atoms with van der Waals surface area (Å²) >= 11 is 6.82. The van der Waals surface area contributed by atoms with Crippen molar-refractivity contribution in [3.05, 3.63) is 63.2 Å². The predicted molar refractivity (Wildman–Crippen MR) is 120 cm³/mol. The van der Waals surface area contributed by atoms with Crippen molar-refractivity contribution in [2.45, 2.75) is 19.4 Å². The summed E-state index contributed by atoms with van der Waals surface area (Å²) in [6.45, 7) is 3.14. The molecule has 9 heteroatoms. The van der Waals surface area contributed by atoms with Gasteiger partial charge in [-0.05, 0) is 68.5 Å². The van der Waals surface area contributed by atoms with Crippen molar-refractivity contribution in [3.63, 3.8) is 0 Å². The van der Waals surface area contributed by atoms with Crippen LogP contribution in [0.15, 0.2) is 51.8 Å². The molecule has 1 saturated heterocycles. The molecular formula is C21H19Br2N5O2. The smallest absolute Gasteiger partial charge is 0.273 e. The lowest BCUT2D eigenvalue weighted by atomic mass is 9.93. The molecule has 0 aromatic carbocycles. The van der Waals surface area contributed by atoms with Gasteiger partial charge in [0.25, 0.3) is 11.8 Å². The summed E-state index contributed by atoms with van der Waals surface area (Å²) in [5.74, 6) is -0.166. The number of hydrogen-bond acceptors (Lipinski definition) is 5. The van der Waals surface area contributed by atoms with Gasteiger partial charge in [0.1, 0.15) is 11.4 Å². The normalized spacial score (nSPS) is 19.0. The van der Waals surface area contributed by atoms with Crippen molar-refractivity contribution in [1.82, 2.24) is 25.2 Å². The van der Waals surface area contributed by atoms with E-state index in [-0.39, 0.29) is 23.8 Å². The maximum Gasteiger partial charge on any atom is 0.273 e. The van der Waals surface area contributed by atoms with Crippen molar-refractivity contribution < 1.29 is 9.59 Å². The summed E-state index contributed by atoms with van der Waals surface area (Å²) in [6, 6.07) is 6.91. The fourth-order valence-corrected chi connectivity index (χ4v) is 4.37. The Kier molecular flexibility index (Phi) is 6.10. The van der Waals surface area contributed by atoms with Gasteiger partial charge in [0.05, 0.1) is 9.99 Å². The van der Waals surface area contributed by atoms with Gasteiger partial charge in [-0.1, -0.05) is 6.92 Å². The third-order valence-electron chi connectivity index (χ3n) is 5.31. The molecule has 2 amide bonds. The molecule has 30 heavy (non-hydrogen) atoms. The number of carbonyl (C=O) groups is 2. The second-order valence-corrected chi connectivity index (χ2v) is 9.03. The molecule has 0 bridgehead atoms. The molecule has 1 N–H and O–H groups in total. The van der Waals surface area contributed by atoms with Crippen LogP contribution < -0.4 is 5.32 Å². The van der Waals surface area contributed by atoms with E-state index >= 15 is 0 Å². The number of piperidine rings is 1. The molecule has 0 radical (unpaired) electrons. The van der Waals surface area contributed by atoms with E-state index in [1.807, 2.05) is 6.07 Å². The van der Waals surface area contributed by atoms with Crippen LogP contribution in [0.3, 0.4) is 0 Å². The lowest BCUT2D eigenvalue weighted by molar-refractivity contribution is 0.0618. The number of nitrogens with one attached hydrogen (secondary N) is 1. The van der Waals surface area contributed by atoms with E-state index in [1.54, 1.807) is 41.7 Å². The highest BCUT2D eigenvalue weighted by molar-refractivity contribution is 9.11. The standard InChI is InChI=1S/C21H19Br2N5O2/c1-12-6-8-28(21(30)19-14(22)3-2-7-25-19)11-17(12)27-20(29)16-5-4-13-9-24-10-15(23)18(13)26-16/h2-5,7,9-10,12,17H,6,8,11H2,1H3,(H,27,29). The Bertz CT molecular complexity index is 1120. The Hall–Kier alpha value is -2.39. The van der Waals surface area contributed by atoms with Crippen LogP contribution in [0, 0.1) is 5.92 Å². The number of amides is 2. The van der Waals surface area contributed by atoms with Crippen molar-refractivity contribution in [3.8, 4) is 0 Å². The molecule has 1 aliphatic rings. The number of carbonyl (C=O) groups excluding carboxylic acids is 2. The molecule has 154 valence electrons. The van der Waals surface area contributed by atoms with Crippen molar-refractivity contribution in [2.24, 2.45) is 5.92 Å². The van der Waals surface area contributed by atoms with Gasteiger partial charge in [-0.25, -0.2) is 9.97 Å². The molecule has 0 saturated carbocycles. The molecule has 0 spiro atoms. The van der Waals surface area contributed by atoms with Crippen molar-refractivity contribution >= 4 is 54.6 Å². The van der Waals surface area contributed by atoms with Crippen LogP contribution in [0.1, 0.15) is 34.3 Å². The second kappa shape index (κ2) is 8.77. The minimum Gasteiger partial charge on any atom is -0.346 e. The maximum atomic E-state index is 12.9. The summed E-state index contributed by atoms with van der Waals surface area (Å²) in [7, 11) is 0. The van der Waals surface area contributed by atoms with Crippen LogP contribution in [0.4, 0.5) is 0 Å². The maximum absolute atomic E-state index is 12.9. The van der Waals surface area contributed by atoms with E-state index in [0.717, 1.165) is 16.3 Å². The van der Waals surface area contributed by atoms with E-state index in [9.17, 15) is 9.59 Å². The minimum absolute atomic E-state index is 0.145. The Morgan fingerprint density at radius 3 is 2.80 bits per heavy atom. The number of pyridine rings is 3. The molecule has 0 aliphatic carbocycles. The number of nitrogens with zero attached hydrogens (tertiary/aromatic N) is 4. The number of aromatic nitrogens is 3. The van der Waals surface area contributed by atoms with Gasteiger partial charge in [-0.15, -0.1) is 0 Å². The second-order valence-electron chi connectivity index (χ2n) is 7.32. The molecular weight excluding hydrogens is 514 g/mol. The summed E-state index contributed by atoms with van der Waals surface area (Å²) in [6.07, 6.45) is 5.75. The zero-order chi connectivity index (χ0) is 21.3. The third kappa shape index (κ3) is 4.22. The van der Waals surface area contributed by atoms with Crippen molar-refractivity contribution in [1.29, 1.82) is 0 Å². The van der Waals surface area contributed by atoms with Gasteiger partial charge < -0.3 is 10.2 Å². The average Bonchev–Trinajstić information content (AvgIpc) is 2.75. The van der Waals surface area contributed by atoms with E-state index in [0.29, 0.717) is 34.5 Å². The van der Waals surface area contributed by atoms with Crippen LogP contribution in [0.5, 0.6) is 0 Å². The van der Waals surface area contributed by atoms with Crippen LogP contribution in [-0.4, -0.2) is 50.8 Å². The van der Waals surface area contributed by atoms with E-state index in [2.05, 4.69) is 59.1 Å². The van der Waals surface area contributed by atoms with Gasteiger partial charge >= 0.3 is 0 Å². The third-order valence-corrected chi connectivity index (χ3v) is 6.53. The topological polar surface area (TPSA) is 88.1 Å². The first-order valence-corrected chi connectivity index (χ1v) is 11.1. The molecule has 2 atom stereocenters. The molecule has 2 unspecified atom stereocenters. The fourth-order valence-electron chi connectivity index (χ4n) is 3.51. The Morgan fingerprint density at radius 1 is 1.17 bits per heavy atom. The van der Waals surface area contributed by atoms with E-state index < -0.39 is 0 Å². The number of likely N-dealkylation sites (tertiary alicyclic amines) is 1. The number of hydrogen-bond donors (Lipinski definition) is 1. The Balaban J connectivity index is 1.50. The SMILES string of the molecule is CC1CCN(C(=O)c2ncccc2Br)CC1NC(=O)c1ccc2cncc(Br)c2n1. The molecule has 3 aromatic rings. The summed E-state index contributed by atoms with van der Waals surface area (Å²) < 4.78 is 1.40. The summed E-state index contributed by atoms with van der Waals surface area (Å²) in [5.41, 5.74) is 1.40. The fraction of sp³-hybridized carbons (Fsp3) is 0.286. The van der Waals surface area contributed by atoms with E-state index in [1.165, 1.54) is 0 Å². The molecule has 3 aromatic heterocycles. The number of fused-ring (bicyclic) bond motifs is 1. The average molecular weight is 533 g/mol. The lowest BCUT2D eigenvalue weighted by Crippen LogP contribution is -2.53. The molecule has 1 aliphatic heterocycles. The van der Waals surface area contributed by atoms with Crippen molar-refractivity contribution in [2.75, 3.05) is 13.1 Å². The highest BCUT2D eigenvalue weighted by Gasteiger charge is 2.31. The van der Waals surface area contributed by atoms with Gasteiger partial charge in [-0.2, -0.15) is 0 Å². The highest BCUT2D eigenvalue weighted by Crippen LogP contribution is 2.23. The first-order valence-electron chi connectivity index (χ1n) is 9.55. The number of rotatable bonds is 3. The van der Waals surface area contributed by atoms with E-state index in [4.69, 9.17) is 0 Å². The molecule has 1 fully saturated rings. The van der Waals surface area contributed by atoms with Gasteiger partial charge in [0.15, 0.2) is 0 Å². The lowest BCUT2D eigenvalue weighted by Gasteiger charge is -2.37. The first kappa shape index (κ1) is 20.9. The summed E-state index contributed by atoms with van der Waals surface area (Å²) in [4.78, 5) is 40.3. The number of halogens is 2. The molecule has 7 nitrogen and oxygen atoms in total. The van der Waals surface area contributed by atoms with Crippen LogP contribution in [0.25, 0.3) is 10.9 Å².